The summed E-state index contributed by atoms with van der Waals surface area (Å²) in [6, 6.07) is 14.8. The molecule has 3 heterocycles. The number of para-hydroxylation sites is 1. The van der Waals surface area contributed by atoms with Crippen molar-refractivity contribution in [2.75, 3.05) is 26.2 Å². The molecule has 2 aromatic heterocycles. The van der Waals surface area contributed by atoms with Gasteiger partial charge in [-0.05, 0) is 31.2 Å². The molecule has 0 saturated carbocycles. The summed E-state index contributed by atoms with van der Waals surface area (Å²) in [4.78, 5) is 12.2. The summed E-state index contributed by atoms with van der Waals surface area (Å²) < 4.78 is 1.25. The largest absolute Gasteiger partial charge is 0.314 e. The standard InChI is InChI=1S/C18H20N4S/c1-13-5-4-7-15(20-13)17(22-11-9-19-10-12-22)18-21-14-6-2-3-8-16(14)23-18/h2-8,17,19H,9-12H2,1H3. The maximum Gasteiger partial charge on any atom is 0.117 e. The molecule has 1 N–H and O–H groups in total. The molecule has 5 heteroatoms. The summed E-state index contributed by atoms with van der Waals surface area (Å²) in [5.41, 5.74) is 3.25. The van der Waals surface area contributed by atoms with Gasteiger partial charge < -0.3 is 5.32 Å². The lowest BCUT2D eigenvalue weighted by Crippen LogP contribution is -2.45. The Morgan fingerprint density at radius 1 is 1.04 bits per heavy atom. The van der Waals surface area contributed by atoms with Crippen LogP contribution in [0.25, 0.3) is 10.2 Å². The van der Waals surface area contributed by atoms with Gasteiger partial charge in [-0.15, -0.1) is 11.3 Å². The van der Waals surface area contributed by atoms with Gasteiger partial charge >= 0.3 is 0 Å². The zero-order chi connectivity index (χ0) is 15.6. The van der Waals surface area contributed by atoms with Crippen LogP contribution in [0.5, 0.6) is 0 Å². The van der Waals surface area contributed by atoms with Crippen LogP contribution < -0.4 is 5.32 Å². The van der Waals surface area contributed by atoms with Crippen molar-refractivity contribution in [3.63, 3.8) is 0 Å². The molecule has 1 atom stereocenters. The summed E-state index contributed by atoms with van der Waals surface area (Å²) in [5.74, 6) is 0. The van der Waals surface area contributed by atoms with Gasteiger partial charge in [-0.3, -0.25) is 9.88 Å². The molecule has 0 radical (unpaired) electrons. The van der Waals surface area contributed by atoms with Crippen LogP contribution >= 0.6 is 11.3 Å². The molecule has 0 amide bonds. The predicted molar refractivity (Wildman–Crippen MR) is 94.9 cm³/mol. The summed E-state index contributed by atoms with van der Waals surface area (Å²) in [5, 5.41) is 4.58. The molecule has 3 aromatic rings. The number of pyridine rings is 1. The molecule has 0 bridgehead atoms. The fourth-order valence-corrected chi connectivity index (χ4v) is 4.25. The fourth-order valence-electron chi connectivity index (χ4n) is 3.13. The maximum absolute atomic E-state index is 4.91. The highest BCUT2D eigenvalue weighted by molar-refractivity contribution is 7.18. The molecule has 1 unspecified atom stereocenters. The number of aryl methyl sites for hydroxylation is 1. The van der Waals surface area contributed by atoms with Crippen LogP contribution in [0.4, 0.5) is 0 Å². The van der Waals surface area contributed by atoms with Crippen LogP contribution in [0.3, 0.4) is 0 Å². The molecule has 0 spiro atoms. The van der Waals surface area contributed by atoms with Gasteiger partial charge in [0.2, 0.25) is 0 Å². The molecule has 4 rings (SSSR count). The van der Waals surface area contributed by atoms with Crippen molar-refractivity contribution in [2.45, 2.75) is 13.0 Å². The third-order valence-corrected chi connectivity index (χ3v) is 5.34. The summed E-state index contributed by atoms with van der Waals surface area (Å²) in [6.07, 6.45) is 0. The molecule has 1 saturated heterocycles. The van der Waals surface area contributed by atoms with Crippen LogP contribution in [-0.2, 0) is 0 Å². The SMILES string of the molecule is Cc1cccc(C(c2nc3ccccc3s2)N2CCNCC2)n1. The van der Waals surface area contributed by atoms with Crippen LogP contribution in [0.2, 0.25) is 0 Å². The van der Waals surface area contributed by atoms with E-state index in [4.69, 9.17) is 9.97 Å². The summed E-state index contributed by atoms with van der Waals surface area (Å²) in [6.45, 7) is 6.14. The Bertz CT molecular complexity index is 774. The molecule has 1 aliphatic rings. The average Bonchev–Trinajstić information content (AvgIpc) is 2.99. The third kappa shape index (κ3) is 3.00. The third-order valence-electron chi connectivity index (χ3n) is 4.25. The maximum atomic E-state index is 4.91. The highest BCUT2D eigenvalue weighted by Crippen LogP contribution is 2.33. The number of benzene rings is 1. The Balaban J connectivity index is 1.80. The van der Waals surface area contributed by atoms with Crippen LogP contribution in [-0.4, -0.2) is 41.0 Å². The lowest BCUT2D eigenvalue weighted by Gasteiger charge is -2.33. The lowest BCUT2D eigenvalue weighted by atomic mass is 10.1. The van der Waals surface area contributed by atoms with Gasteiger partial charge in [0.1, 0.15) is 11.0 Å². The number of nitrogens with one attached hydrogen (secondary N) is 1. The van der Waals surface area contributed by atoms with E-state index < -0.39 is 0 Å². The molecule has 1 fully saturated rings. The van der Waals surface area contributed by atoms with E-state index in [-0.39, 0.29) is 6.04 Å². The Morgan fingerprint density at radius 2 is 1.87 bits per heavy atom. The summed E-state index contributed by atoms with van der Waals surface area (Å²) in [7, 11) is 0. The molecular weight excluding hydrogens is 304 g/mol. The first kappa shape index (κ1) is 14.8. The molecule has 1 aliphatic heterocycles. The average molecular weight is 324 g/mol. The number of nitrogens with zero attached hydrogens (tertiary/aromatic N) is 3. The second-order valence-corrected chi connectivity index (χ2v) is 6.97. The van der Waals surface area contributed by atoms with Gasteiger partial charge in [-0.1, -0.05) is 18.2 Å². The van der Waals surface area contributed by atoms with E-state index in [0.29, 0.717) is 0 Å². The molecule has 4 nitrogen and oxygen atoms in total. The Kier molecular flexibility index (Phi) is 4.08. The van der Waals surface area contributed by atoms with E-state index in [2.05, 4.69) is 59.6 Å². The van der Waals surface area contributed by atoms with Crippen molar-refractivity contribution in [1.82, 2.24) is 20.2 Å². The van der Waals surface area contributed by atoms with Crippen LogP contribution in [0, 0.1) is 6.92 Å². The topological polar surface area (TPSA) is 41.1 Å². The quantitative estimate of drug-likeness (QED) is 0.804. The van der Waals surface area contributed by atoms with Gasteiger partial charge in [0.25, 0.3) is 0 Å². The first-order valence-electron chi connectivity index (χ1n) is 8.05. The second kappa shape index (κ2) is 6.35. The molecular formula is C18H20N4S. The van der Waals surface area contributed by atoms with Crippen molar-refractivity contribution in [3.05, 3.63) is 58.9 Å². The number of aromatic nitrogens is 2. The van der Waals surface area contributed by atoms with Crippen molar-refractivity contribution in [2.24, 2.45) is 0 Å². The Morgan fingerprint density at radius 3 is 2.65 bits per heavy atom. The van der Waals surface area contributed by atoms with Crippen molar-refractivity contribution >= 4 is 21.6 Å². The van der Waals surface area contributed by atoms with Gasteiger partial charge in [0, 0.05) is 31.9 Å². The summed E-state index contributed by atoms with van der Waals surface area (Å²) >= 11 is 1.79. The highest BCUT2D eigenvalue weighted by atomic mass is 32.1. The van der Waals surface area contributed by atoms with Gasteiger partial charge in [-0.2, -0.15) is 0 Å². The van der Waals surface area contributed by atoms with E-state index in [1.807, 2.05) is 0 Å². The smallest absolute Gasteiger partial charge is 0.117 e. The fraction of sp³-hybridized carbons (Fsp3) is 0.333. The first-order valence-corrected chi connectivity index (χ1v) is 8.87. The van der Waals surface area contributed by atoms with Crippen molar-refractivity contribution in [1.29, 1.82) is 0 Å². The van der Waals surface area contributed by atoms with Crippen molar-refractivity contribution in [3.8, 4) is 0 Å². The molecule has 0 aliphatic carbocycles. The van der Waals surface area contributed by atoms with Gasteiger partial charge in [-0.25, -0.2) is 4.98 Å². The van der Waals surface area contributed by atoms with E-state index in [1.54, 1.807) is 11.3 Å². The number of hydrogen-bond acceptors (Lipinski definition) is 5. The monoisotopic (exact) mass is 324 g/mol. The minimum absolute atomic E-state index is 0.148. The zero-order valence-corrected chi connectivity index (χ0v) is 14.0. The van der Waals surface area contributed by atoms with Gasteiger partial charge in [0.15, 0.2) is 0 Å². The first-order chi connectivity index (χ1) is 11.3. The normalized spacial score (nSPS) is 17.4. The number of fused-ring (bicyclic) bond motifs is 1. The lowest BCUT2D eigenvalue weighted by molar-refractivity contribution is 0.195. The second-order valence-electron chi connectivity index (χ2n) is 5.91. The van der Waals surface area contributed by atoms with Crippen LogP contribution in [0.15, 0.2) is 42.5 Å². The predicted octanol–water partition coefficient (Wildman–Crippen LogP) is 2.99. The molecule has 23 heavy (non-hydrogen) atoms. The Hall–Kier alpha value is -1.82. The number of piperazine rings is 1. The van der Waals surface area contributed by atoms with Crippen molar-refractivity contribution < 1.29 is 0 Å². The zero-order valence-electron chi connectivity index (χ0n) is 13.2. The Labute approximate surface area is 140 Å². The van der Waals surface area contributed by atoms with E-state index >= 15 is 0 Å². The van der Waals surface area contributed by atoms with E-state index in [1.165, 1.54) is 4.70 Å². The number of hydrogen-bond donors (Lipinski definition) is 1. The van der Waals surface area contributed by atoms with E-state index in [9.17, 15) is 0 Å². The van der Waals surface area contributed by atoms with Crippen LogP contribution in [0.1, 0.15) is 22.4 Å². The van der Waals surface area contributed by atoms with E-state index in [0.717, 1.165) is 48.1 Å². The minimum Gasteiger partial charge on any atom is -0.314 e. The number of rotatable bonds is 3. The number of thiazole rings is 1. The van der Waals surface area contributed by atoms with Gasteiger partial charge in [0.05, 0.1) is 15.9 Å². The highest BCUT2D eigenvalue weighted by Gasteiger charge is 2.27. The molecule has 118 valence electrons. The minimum atomic E-state index is 0.148. The molecule has 1 aromatic carbocycles.